The van der Waals surface area contributed by atoms with Gasteiger partial charge in [-0.05, 0) is 25.8 Å². The van der Waals surface area contributed by atoms with E-state index in [1.807, 2.05) is 23.3 Å². The number of hydrogen-bond donors (Lipinski definition) is 1. The summed E-state index contributed by atoms with van der Waals surface area (Å²) in [4.78, 5) is 0. The first kappa shape index (κ1) is 13.6. The summed E-state index contributed by atoms with van der Waals surface area (Å²) in [6.07, 6.45) is 5.76. The predicted molar refractivity (Wildman–Crippen MR) is 77.0 cm³/mol. The van der Waals surface area contributed by atoms with Gasteiger partial charge in [-0.3, -0.25) is 9.36 Å². The van der Waals surface area contributed by atoms with Crippen LogP contribution < -0.4 is 5.32 Å². The first-order chi connectivity index (χ1) is 9.06. The van der Waals surface area contributed by atoms with Gasteiger partial charge in [0.25, 0.3) is 0 Å². The summed E-state index contributed by atoms with van der Waals surface area (Å²) < 4.78 is 4.01. The predicted octanol–water partition coefficient (Wildman–Crippen LogP) is 2.93. The number of nitrogens with one attached hydrogen (secondary N) is 1. The molecule has 5 nitrogen and oxygen atoms in total. The molecule has 2 aromatic rings. The fraction of sp³-hybridized carbons (Fsp3) is 0.571. The van der Waals surface area contributed by atoms with Crippen LogP contribution in [-0.4, -0.2) is 19.6 Å². The van der Waals surface area contributed by atoms with Crippen LogP contribution in [-0.2, 0) is 13.1 Å². The third-order valence-electron chi connectivity index (χ3n) is 2.95. The molecular weight excluding hydrogens is 238 g/mol. The van der Waals surface area contributed by atoms with Crippen molar-refractivity contribution in [1.29, 1.82) is 0 Å². The van der Waals surface area contributed by atoms with Crippen molar-refractivity contribution in [3.63, 3.8) is 0 Å². The van der Waals surface area contributed by atoms with Crippen LogP contribution in [0.2, 0.25) is 0 Å². The Morgan fingerprint density at radius 1 is 1.21 bits per heavy atom. The molecule has 5 heteroatoms. The van der Waals surface area contributed by atoms with E-state index in [4.69, 9.17) is 0 Å². The Bertz CT molecular complexity index is 509. The van der Waals surface area contributed by atoms with Gasteiger partial charge in [0.1, 0.15) is 0 Å². The van der Waals surface area contributed by atoms with E-state index in [-0.39, 0.29) is 0 Å². The van der Waals surface area contributed by atoms with Gasteiger partial charge < -0.3 is 5.32 Å². The van der Waals surface area contributed by atoms with Crippen molar-refractivity contribution >= 4 is 5.69 Å². The van der Waals surface area contributed by atoms with E-state index in [0.29, 0.717) is 12.0 Å². The van der Waals surface area contributed by atoms with Crippen LogP contribution in [0.15, 0.2) is 24.7 Å². The fourth-order valence-corrected chi connectivity index (χ4v) is 1.92. The van der Waals surface area contributed by atoms with Gasteiger partial charge in [-0.2, -0.15) is 10.2 Å². The standard InChI is InChI=1S/C14H23N5/c1-11(2)9-19-14(5-6-16-19)8-15-13-7-17-18(10-13)12(3)4/h5-7,10-12,15H,8-9H2,1-4H3. The lowest BCUT2D eigenvalue weighted by Crippen LogP contribution is -2.12. The smallest absolute Gasteiger partial charge is 0.0729 e. The SMILES string of the molecule is CC(C)Cn1nccc1CNc1cnn(C(C)C)c1. The first-order valence-electron chi connectivity index (χ1n) is 6.85. The van der Waals surface area contributed by atoms with Crippen LogP contribution in [0.25, 0.3) is 0 Å². The second-order valence-corrected chi connectivity index (χ2v) is 5.55. The van der Waals surface area contributed by atoms with E-state index >= 15 is 0 Å². The summed E-state index contributed by atoms with van der Waals surface area (Å²) in [5.41, 5.74) is 2.25. The second kappa shape index (κ2) is 5.91. The van der Waals surface area contributed by atoms with Crippen molar-refractivity contribution < 1.29 is 0 Å². The van der Waals surface area contributed by atoms with Crippen LogP contribution in [0.4, 0.5) is 5.69 Å². The molecule has 0 aromatic carbocycles. The van der Waals surface area contributed by atoms with E-state index in [0.717, 1.165) is 18.8 Å². The molecule has 0 aliphatic carbocycles. The third kappa shape index (κ3) is 3.59. The lowest BCUT2D eigenvalue weighted by molar-refractivity contribution is 0.470. The number of rotatable bonds is 6. The van der Waals surface area contributed by atoms with Crippen molar-refractivity contribution in [2.75, 3.05) is 5.32 Å². The Morgan fingerprint density at radius 3 is 2.63 bits per heavy atom. The molecule has 2 heterocycles. The summed E-state index contributed by atoms with van der Waals surface area (Å²) in [5, 5.41) is 12.1. The Kier molecular flexibility index (Phi) is 4.24. The number of aromatic nitrogens is 4. The molecule has 0 atom stereocenters. The summed E-state index contributed by atoms with van der Waals surface area (Å²) in [6, 6.07) is 2.45. The molecule has 1 N–H and O–H groups in total. The molecule has 0 aliphatic rings. The van der Waals surface area contributed by atoms with E-state index in [1.54, 1.807) is 0 Å². The molecule has 0 radical (unpaired) electrons. The molecule has 0 bridgehead atoms. The van der Waals surface area contributed by atoms with Gasteiger partial charge in [-0.15, -0.1) is 0 Å². The third-order valence-corrected chi connectivity index (χ3v) is 2.95. The highest BCUT2D eigenvalue weighted by Crippen LogP contribution is 2.12. The molecule has 2 rings (SSSR count). The van der Waals surface area contributed by atoms with Gasteiger partial charge >= 0.3 is 0 Å². The lowest BCUT2D eigenvalue weighted by atomic mass is 10.2. The molecule has 0 unspecified atom stereocenters. The first-order valence-corrected chi connectivity index (χ1v) is 6.85. The molecule has 0 spiro atoms. The van der Waals surface area contributed by atoms with Gasteiger partial charge in [0.05, 0.1) is 24.1 Å². The van der Waals surface area contributed by atoms with Gasteiger partial charge in [-0.25, -0.2) is 0 Å². The van der Waals surface area contributed by atoms with Crippen LogP contribution in [0.5, 0.6) is 0 Å². The van der Waals surface area contributed by atoms with Crippen molar-refractivity contribution in [2.45, 2.75) is 46.8 Å². The maximum Gasteiger partial charge on any atom is 0.0729 e. The van der Waals surface area contributed by atoms with Gasteiger partial charge in [-0.1, -0.05) is 13.8 Å². The maximum absolute atomic E-state index is 4.36. The minimum Gasteiger partial charge on any atom is -0.377 e. The largest absolute Gasteiger partial charge is 0.377 e. The van der Waals surface area contributed by atoms with Gasteiger partial charge in [0.15, 0.2) is 0 Å². The molecule has 0 saturated carbocycles. The number of hydrogen-bond acceptors (Lipinski definition) is 3. The van der Waals surface area contributed by atoms with Crippen LogP contribution in [0, 0.1) is 5.92 Å². The summed E-state index contributed by atoms with van der Waals surface area (Å²) >= 11 is 0. The highest BCUT2D eigenvalue weighted by atomic mass is 15.3. The Hall–Kier alpha value is -1.78. The van der Waals surface area contributed by atoms with Crippen molar-refractivity contribution in [1.82, 2.24) is 19.6 Å². The monoisotopic (exact) mass is 261 g/mol. The molecule has 19 heavy (non-hydrogen) atoms. The van der Waals surface area contributed by atoms with Crippen LogP contribution in [0.1, 0.15) is 39.4 Å². The maximum atomic E-state index is 4.36. The summed E-state index contributed by atoms with van der Waals surface area (Å²) in [6.45, 7) is 10.4. The molecule has 0 aliphatic heterocycles. The van der Waals surface area contributed by atoms with Gasteiger partial charge in [0.2, 0.25) is 0 Å². The normalized spacial score (nSPS) is 11.5. The van der Waals surface area contributed by atoms with Crippen molar-refractivity contribution in [2.24, 2.45) is 5.92 Å². The molecule has 0 amide bonds. The van der Waals surface area contributed by atoms with E-state index in [1.165, 1.54) is 5.69 Å². The molecule has 0 fully saturated rings. The Balaban J connectivity index is 1.96. The van der Waals surface area contributed by atoms with E-state index < -0.39 is 0 Å². The lowest BCUT2D eigenvalue weighted by Gasteiger charge is -2.10. The number of anilines is 1. The zero-order chi connectivity index (χ0) is 13.8. The summed E-state index contributed by atoms with van der Waals surface area (Å²) in [5.74, 6) is 0.599. The van der Waals surface area contributed by atoms with Crippen molar-refractivity contribution in [3.8, 4) is 0 Å². The van der Waals surface area contributed by atoms with Crippen LogP contribution >= 0.6 is 0 Å². The molecule has 0 saturated heterocycles. The zero-order valence-corrected chi connectivity index (χ0v) is 12.2. The highest BCUT2D eigenvalue weighted by molar-refractivity contribution is 5.38. The highest BCUT2D eigenvalue weighted by Gasteiger charge is 2.06. The molecular formula is C14H23N5. The minimum absolute atomic E-state index is 0.391. The van der Waals surface area contributed by atoms with E-state index in [2.05, 4.69) is 54.0 Å². The Morgan fingerprint density at radius 2 is 2.00 bits per heavy atom. The average molecular weight is 261 g/mol. The molecule has 104 valence electrons. The van der Waals surface area contributed by atoms with E-state index in [9.17, 15) is 0 Å². The average Bonchev–Trinajstić information content (AvgIpc) is 2.94. The van der Waals surface area contributed by atoms with Gasteiger partial charge in [0, 0.05) is 25.0 Å². The minimum atomic E-state index is 0.391. The van der Waals surface area contributed by atoms with Crippen LogP contribution in [0.3, 0.4) is 0 Å². The summed E-state index contributed by atoms with van der Waals surface area (Å²) in [7, 11) is 0. The zero-order valence-electron chi connectivity index (χ0n) is 12.2. The Labute approximate surface area is 114 Å². The topological polar surface area (TPSA) is 47.7 Å². The second-order valence-electron chi connectivity index (χ2n) is 5.55. The quantitative estimate of drug-likeness (QED) is 0.869. The molecule has 2 aromatic heterocycles. The van der Waals surface area contributed by atoms with Crippen molar-refractivity contribution in [3.05, 3.63) is 30.4 Å². The number of nitrogens with zero attached hydrogens (tertiary/aromatic N) is 4. The fourth-order valence-electron chi connectivity index (χ4n) is 1.92.